The summed E-state index contributed by atoms with van der Waals surface area (Å²) < 4.78 is 23.1. The molecule has 31 heavy (non-hydrogen) atoms. The highest BCUT2D eigenvalue weighted by Crippen LogP contribution is 2.21. The molecule has 0 saturated carbocycles. The molecule has 0 aliphatic carbocycles. The lowest BCUT2D eigenvalue weighted by Gasteiger charge is -2.21. The summed E-state index contributed by atoms with van der Waals surface area (Å²) in [6, 6.07) is 13.3. The highest BCUT2D eigenvalue weighted by molar-refractivity contribution is 7.09. The quantitative estimate of drug-likeness (QED) is 0.555. The minimum absolute atomic E-state index is 0.00224. The molecule has 2 heterocycles. The molecular formula is C22H22ClFN4O2S. The average molecular weight is 461 g/mol. The fourth-order valence-corrected chi connectivity index (χ4v) is 4.22. The Hall–Kier alpha value is -2.71. The molecule has 0 bridgehead atoms. The number of amides is 1. The zero-order valence-corrected chi connectivity index (χ0v) is 18.4. The Balaban J connectivity index is 1.29. The third-order valence-corrected chi connectivity index (χ3v) is 6.09. The lowest BCUT2D eigenvalue weighted by atomic mass is 10.1. The minimum Gasteiger partial charge on any atom is -0.484 e. The number of anilines is 1. The van der Waals surface area contributed by atoms with Crippen LogP contribution in [0.5, 0.6) is 5.75 Å². The molecule has 2 aromatic carbocycles. The summed E-state index contributed by atoms with van der Waals surface area (Å²) in [5.41, 5.74) is 0.971. The Morgan fingerprint density at radius 3 is 2.61 bits per heavy atom. The molecule has 3 aromatic rings. The Bertz CT molecular complexity index is 1010. The van der Waals surface area contributed by atoms with E-state index in [4.69, 9.17) is 16.3 Å². The fraction of sp³-hybridized carbons (Fsp3) is 0.318. The number of carbonyl (C=O) groups excluding carboxylic acids is 1. The fourth-order valence-electron chi connectivity index (χ4n) is 3.36. The summed E-state index contributed by atoms with van der Waals surface area (Å²) in [6.45, 7) is 2.80. The number of hydrogen-bond acceptors (Lipinski definition) is 6. The number of nitrogens with zero attached hydrogens (tertiary/aromatic N) is 4. The number of aromatic nitrogens is 2. The van der Waals surface area contributed by atoms with Crippen LogP contribution in [0.1, 0.15) is 17.8 Å². The van der Waals surface area contributed by atoms with Crippen molar-refractivity contribution in [1.82, 2.24) is 14.3 Å². The maximum Gasteiger partial charge on any atom is 0.260 e. The van der Waals surface area contributed by atoms with Gasteiger partial charge in [0.25, 0.3) is 5.91 Å². The van der Waals surface area contributed by atoms with Crippen LogP contribution in [0.3, 0.4) is 0 Å². The minimum atomic E-state index is -0.252. The summed E-state index contributed by atoms with van der Waals surface area (Å²) in [6.07, 6.45) is 1.41. The van der Waals surface area contributed by atoms with Crippen LogP contribution in [0.4, 0.5) is 9.52 Å². The molecule has 0 spiro atoms. The lowest BCUT2D eigenvalue weighted by molar-refractivity contribution is -0.133. The van der Waals surface area contributed by atoms with E-state index in [1.807, 2.05) is 4.90 Å². The summed E-state index contributed by atoms with van der Waals surface area (Å²) in [7, 11) is 0. The van der Waals surface area contributed by atoms with Crippen LogP contribution in [-0.2, 0) is 11.2 Å². The molecule has 4 rings (SSSR count). The first-order chi connectivity index (χ1) is 15.1. The van der Waals surface area contributed by atoms with Crippen LogP contribution in [0.2, 0.25) is 5.02 Å². The molecule has 1 aliphatic rings. The molecule has 1 saturated heterocycles. The topological polar surface area (TPSA) is 58.6 Å². The molecule has 0 radical (unpaired) electrons. The molecule has 0 unspecified atom stereocenters. The third kappa shape index (κ3) is 5.92. The lowest BCUT2D eigenvalue weighted by Crippen LogP contribution is -2.38. The molecule has 1 fully saturated rings. The van der Waals surface area contributed by atoms with E-state index in [0.717, 1.165) is 29.5 Å². The van der Waals surface area contributed by atoms with E-state index in [2.05, 4.69) is 14.3 Å². The van der Waals surface area contributed by atoms with E-state index < -0.39 is 0 Å². The third-order valence-electron chi connectivity index (χ3n) is 5.03. The summed E-state index contributed by atoms with van der Waals surface area (Å²) in [5.74, 6) is 1.06. The van der Waals surface area contributed by atoms with Gasteiger partial charge in [0.05, 0.1) is 0 Å². The van der Waals surface area contributed by atoms with Crippen LogP contribution in [0, 0.1) is 5.82 Å². The largest absolute Gasteiger partial charge is 0.484 e. The van der Waals surface area contributed by atoms with Gasteiger partial charge in [-0.25, -0.2) is 9.37 Å². The van der Waals surface area contributed by atoms with Crippen LogP contribution >= 0.6 is 23.1 Å². The second-order valence-corrected chi connectivity index (χ2v) is 8.43. The Kier molecular flexibility index (Phi) is 6.99. The van der Waals surface area contributed by atoms with Gasteiger partial charge >= 0.3 is 0 Å². The number of halogens is 2. The molecule has 6 nitrogen and oxygen atoms in total. The second-order valence-electron chi connectivity index (χ2n) is 7.26. The van der Waals surface area contributed by atoms with Gasteiger partial charge in [-0.05, 0) is 48.4 Å². The van der Waals surface area contributed by atoms with Crippen molar-refractivity contribution in [3.05, 3.63) is 70.8 Å². The van der Waals surface area contributed by atoms with Crippen LogP contribution in [-0.4, -0.2) is 53.0 Å². The standard InChI is InChI=1S/C22H22ClFN4O2S/c23-17-4-8-19(9-5-17)30-15-21(29)27-10-1-11-28(13-12-27)22-25-20(26-31-22)14-16-2-6-18(24)7-3-16/h2-9H,1,10-15H2. The van der Waals surface area contributed by atoms with Crippen molar-refractivity contribution < 1.29 is 13.9 Å². The van der Waals surface area contributed by atoms with Crippen molar-refractivity contribution >= 4 is 34.2 Å². The maximum atomic E-state index is 13.1. The number of benzene rings is 2. The van der Waals surface area contributed by atoms with Gasteiger partial charge in [-0.3, -0.25) is 4.79 Å². The highest BCUT2D eigenvalue weighted by Gasteiger charge is 2.21. The predicted octanol–water partition coefficient (Wildman–Crippen LogP) is 4.04. The van der Waals surface area contributed by atoms with Crippen molar-refractivity contribution in [2.45, 2.75) is 12.8 Å². The van der Waals surface area contributed by atoms with E-state index in [-0.39, 0.29) is 18.3 Å². The molecule has 1 amide bonds. The Morgan fingerprint density at radius 1 is 1.06 bits per heavy atom. The molecule has 162 valence electrons. The summed E-state index contributed by atoms with van der Waals surface area (Å²) in [5, 5.41) is 1.48. The molecule has 1 aliphatic heterocycles. The van der Waals surface area contributed by atoms with E-state index in [0.29, 0.717) is 36.8 Å². The van der Waals surface area contributed by atoms with Gasteiger partial charge in [0.2, 0.25) is 5.13 Å². The molecule has 9 heteroatoms. The number of rotatable bonds is 6. The summed E-state index contributed by atoms with van der Waals surface area (Å²) in [4.78, 5) is 21.2. The van der Waals surface area contributed by atoms with Crippen molar-refractivity contribution in [3.63, 3.8) is 0 Å². The monoisotopic (exact) mass is 460 g/mol. The molecule has 0 N–H and O–H groups in total. The van der Waals surface area contributed by atoms with Crippen LogP contribution in [0.25, 0.3) is 0 Å². The first-order valence-electron chi connectivity index (χ1n) is 10.0. The zero-order chi connectivity index (χ0) is 21.6. The maximum absolute atomic E-state index is 13.1. The average Bonchev–Trinajstić information content (AvgIpc) is 3.09. The Morgan fingerprint density at radius 2 is 1.84 bits per heavy atom. The van der Waals surface area contributed by atoms with E-state index in [1.165, 1.54) is 23.7 Å². The van der Waals surface area contributed by atoms with E-state index in [9.17, 15) is 9.18 Å². The van der Waals surface area contributed by atoms with Gasteiger partial charge in [-0.15, -0.1) is 0 Å². The van der Waals surface area contributed by atoms with Crippen LogP contribution < -0.4 is 9.64 Å². The van der Waals surface area contributed by atoms with Gasteiger partial charge < -0.3 is 14.5 Å². The van der Waals surface area contributed by atoms with Gasteiger partial charge in [0.15, 0.2) is 6.61 Å². The first-order valence-corrected chi connectivity index (χ1v) is 11.2. The molecule has 1 aromatic heterocycles. The second kappa shape index (κ2) is 10.1. The number of carbonyl (C=O) groups is 1. The van der Waals surface area contributed by atoms with Crippen molar-refractivity contribution in [1.29, 1.82) is 0 Å². The summed E-state index contributed by atoms with van der Waals surface area (Å²) >= 11 is 7.23. The van der Waals surface area contributed by atoms with Crippen molar-refractivity contribution in [3.8, 4) is 5.75 Å². The highest BCUT2D eigenvalue weighted by atomic mass is 35.5. The van der Waals surface area contributed by atoms with E-state index >= 15 is 0 Å². The number of hydrogen-bond donors (Lipinski definition) is 0. The first kappa shape index (κ1) is 21.5. The Labute approximate surface area is 189 Å². The normalized spacial score (nSPS) is 14.4. The van der Waals surface area contributed by atoms with Gasteiger partial charge in [-0.2, -0.15) is 4.37 Å². The smallest absolute Gasteiger partial charge is 0.260 e. The molecule has 0 atom stereocenters. The van der Waals surface area contributed by atoms with Gasteiger partial charge in [0.1, 0.15) is 17.4 Å². The van der Waals surface area contributed by atoms with Crippen LogP contribution in [0.15, 0.2) is 48.5 Å². The van der Waals surface area contributed by atoms with Crippen molar-refractivity contribution in [2.24, 2.45) is 0 Å². The molecular weight excluding hydrogens is 439 g/mol. The van der Waals surface area contributed by atoms with E-state index in [1.54, 1.807) is 36.4 Å². The SMILES string of the molecule is O=C(COc1ccc(Cl)cc1)N1CCCN(c2nc(Cc3ccc(F)cc3)ns2)CC1. The van der Waals surface area contributed by atoms with Crippen molar-refractivity contribution in [2.75, 3.05) is 37.7 Å². The predicted molar refractivity (Wildman–Crippen MR) is 119 cm³/mol. The van der Waals surface area contributed by atoms with Gasteiger partial charge in [0, 0.05) is 49.2 Å². The van der Waals surface area contributed by atoms with Gasteiger partial charge in [-0.1, -0.05) is 23.7 Å². The zero-order valence-electron chi connectivity index (χ0n) is 16.8. The number of ether oxygens (including phenoxy) is 1.